The summed E-state index contributed by atoms with van der Waals surface area (Å²) in [5.74, 6) is -3.73. The number of fused-ring (bicyclic) bond motifs is 1. The molecule has 10 N–H and O–H groups in total. The molecule has 0 aliphatic carbocycles. The van der Waals surface area contributed by atoms with Gasteiger partial charge in [-0.25, -0.2) is 14.8 Å². The number of H-pyrrole nitrogens is 1. The van der Waals surface area contributed by atoms with E-state index in [2.05, 4.69) is 59.1 Å². The van der Waals surface area contributed by atoms with Crippen LogP contribution in [0.5, 0.6) is 0 Å². The van der Waals surface area contributed by atoms with E-state index in [0.717, 1.165) is 0 Å². The number of carbonyl (C=O) groups is 5. The molecule has 0 saturated carbocycles. The van der Waals surface area contributed by atoms with Crippen molar-refractivity contribution in [3.8, 4) is 0 Å². The lowest BCUT2D eigenvalue weighted by Crippen LogP contribution is -2.49. The normalized spacial score (nSPS) is 12.8. The van der Waals surface area contributed by atoms with Crippen molar-refractivity contribution in [1.29, 1.82) is 0 Å². The third kappa shape index (κ3) is 10.7. The molecule has 246 valence electrons. The van der Waals surface area contributed by atoms with Gasteiger partial charge in [-0.1, -0.05) is 0 Å². The highest BCUT2D eigenvalue weighted by molar-refractivity contribution is 7.80. The average Bonchev–Trinajstić information content (AvgIpc) is 3.01. The topological polar surface area (TPSA) is 284 Å². The highest BCUT2D eigenvalue weighted by Gasteiger charge is 2.22. The Labute approximate surface area is 266 Å². The van der Waals surface area contributed by atoms with Gasteiger partial charge in [-0.3, -0.25) is 29.0 Å². The molecule has 1 aromatic carbocycles. The van der Waals surface area contributed by atoms with Crippen LogP contribution in [0.25, 0.3) is 11.2 Å². The van der Waals surface area contributed by atoms with E-state index < -0.39 is 53.5 Å². The molecule has 0 aliphatic rings. The van der Waals surface area contributed by atoms with Crippen molar-refractivity contribution in [2.45, 2.75) is 51.0 Å². The first-order chi connectivity index (χ1) is 21.9. The van der Waals surface area contributed by atoms with E-state index >= 15 is 0 Å². The maximum absolute atomic E-state index is 12.7. The Bertz CT molecular complexity index is 1630. The van der Waals surface area contributed by atoms with Crippen molar-refractivity contribution >= 4 is 65.0 Å². The number of hydrogen-bond acceptors (Lipinski definition) is 13. The summed E-state index contributed by atoms with van der Waals surface area (Å²) < 4.78 is 0. The predicted molar refractivity (Wildman–Crippen MR) is 167 cm³/mol. The van der Waals surface area contributed by atoms with Crippen molar-refractivity contribution in [1.82, 2.24) is 41.2 Å². The molecule has 0 fully saturated rings. The first kappa shape index (κ1) is 35.2. The van der Waals surface area contributed by atoms with Crippen molar-refractivity contribution in [3.05, 3.63) is 52.1 Å². The van der Waals surface area contributed by atoms with Crippen LogP contribution in [0, 0.1) is 0 Å². The third-order valence-electron chi connectivity index (χ3n) is 6.30. The van der Waals surface area contributed by atoms with E-state index in [1.807, 2.05) is 0 Å². The van der Waals surface area contributed by atoms with Crippen LogP contribution in [0.4, 0.5) is 11.6 Å². The van der Waals surface area contributed by atoms with Gasteiger partial charge < -0.3 is 42.5 Å². The number of anilines is 2. The first-order valence-corrected chi connectivity index (χ1v) is 14.5. The number of nitrogens with one attached hydrogen (secondary N) is 6. The number of rotatable bonds is 16. The van der Waals surface area contributed by atoms with E-state index in [-0.39, 0.29) is 60.8 Å². The molecule has 3 aromatic rings. The van der Waals surface area contributed by atoms with E-state index in [1.54, 1.807) is 12.1 Å². The maximum Gasteiger partial charge on any atom is 0.326 e. The van der Waals surface area contributed by atoms with Crippen LogP contribution in [0.3, 0.4) is 0 Å². The highest BCUT2D eigenvalue weighted by atomic mass is 32.1. The van der Waals surface area contributed by atoms with Gasteiger partial charge in [0, 0.05) is 36.4 Å². The fourth-order valence-electron chi connectivity index (χ4n) is 3.88. The molecule has 4 amide bonds. The molecule has 0 unspecified atom stereocenters. The standard InChI is InChI=1S/C27H34N10O8S/c1-13(23(41)35-20(40)12-46)32-19(39)8-9-29-18(38)7-6-17(26(44)45)34-24(42)14-2-4-15(5-3-14)30-10-16-11-31-22-21(33-16)25(43)37-27(28)36-22/h2-5,11,13,17,20,30,40,46H,6-10,12H2,1H3,(H,29,38)(H,32,39)(H,34,42)(H,35,41)(H,44,45)(H3,28,31,36,37,43)/t13-,17+,20+/m0/s1. The molecule has 3 rings (SSSR count). The van der Waals surface area contributed by atoms with Gasteiger partial charge in [0.15, 0.2) is 11.2 Å². The Morgan fingerprint density at radius 3 is 2.41 bits per heavy atom. The zero-order valence-electron chi connectivity index (χ0n) is 24.6. The highest BCUT2D eigenvalue weighted by Crippen LogP contribution is 2.12. The number of thiol groups is 1. The molecule has 46 heavy (non-hydrogen) atoms. The minimum Gasteiger partial charge on any atom is -0.480 e. The van der Waals surface area contributed by atoms with Gasteiger partial charge in [0.25, 0.3) is 11.5 Å². The van der Waals surface area contributed by atoms with Crippen LogP contribution < -0.4 is 37.9 Å². The molecular weight excluding hydrogens is 624 g/mol. The van der Waals surface area contributed by atoms with Crippen LogP contribution in [-0.2, 0) is 25.7 Å². The van der Waals surface area contributed by atoms with Crippen molar-refractivity contribution in [2.75, 3.05) is 23.3 Å². The van der Waals surface area contributed by atoms with Gasteiger partial charge in [0.1, 0.15) is 18.3 Å². The first-order valence-electron chi connectivity index (χ1n) is 13.9. The largest absolute Gasteiger partial charge is 0.480 e. The smallest absolute Gasteiger partial charge is 0.326 e. The number of aromatic nitrogens is 4. The van der Waals surface area contributed by atoms with Gasteiger partial charge in [-0.05, 0) is 37.6 Å². The Morgan fingerprint density at radius 2 is 1.74 bits per heavy atom. The van der Waals surface area contributed by atoms with Crippen LogP contribution in [0.2, 0.25) is 0 Å². The maximum atomic E-state index is 12.7. The molecule has 3 atom stereocenters. The second-order valence-electron chi connectivity index (χ2n) is 9.91. The van der Waals surface area contributed by atoms with E-state index in [4.69, 9.17) is 5.73 Å². The number of nitrogen functional groups attached to an aromatic ring is 1. The Balaban J connectivity index is 1.42. The van der Waals surface area contributed by atoms with Crippen LogP contribution in [0.1, 0.15) is 42.2 Å². The Hall–Kier alpha value is -5.30. The molecule has 0 spiro atoms. The van der Waals surface area contributed by atoms with Crippen LogP contribution in [-0.4, -0.2) is 90.4 Å². The number of benzene rings is 1. The second-order valence-corrected chi connectivity index (χ2v) is 10.3. The van der Waals surface area contributed by atoms with Gasteiger partial charge in [-0.2, -0.15) is 17.6 Å². The van der Waals surface area contributed by atoms with Gasteiger partial charge in [0.2, 0.25) is 23.7 Å². The molecule has 18 nitrogen and oxygen atoms in total. The summed E-state index contributed by atoms with van der Waals surface area (Å²) in [6, 6.07) is 3.86. The number of aliphatic hydroxyl groups is 1. The van der Waals surface area contributed by atoms with Crippen molar-refractivity contribution in [3.63, 3.8) is 0 Å². The lowest BCUT2D eigenvalue weighted by atomic mass is 10.1. The second kappa shape index (κ2) is 16.7. The molecule has 0 radical (unpaired) electrons. The lowest BCUT2D eigenvalue weighted by molar-refractivity contribution is -0.139. The van der Waals surface area contributed by atoms with E-state index in [1.165, 1.54) is 25.3 Å². The molecule has 19 heteroatoms. The number of carboxylic acids is 1. The number of aliphatic carboxylic acids is 1. The quantitative estimate of drug-likeness (QED) is 0.0604. The Morgan fingerprint density at radius 1 is 1.02 bits per heavy atom. The predicted octanol–water partition coefficient (Wildman–Crippen LogP) is -1.75. The molecule has 2 aromatic heterocycles. The molecule has 2 heterocycles. The molecule has 0 aliphatic heterocycles. The summed E-state index contributed by atoms with van der Waals surface area (Å²) in [5.41, 5.74) is 6.37. The number of carboxylic acid groups (broad SMARTS) is 1. The zero-order valence-corrected chi connectivity index (χ0v) is 25.5. The summed E-state index contributed by atoms with van der Waals surface area (Å²) in [6.07, 6.45) is -0.313. The number of aliphatic hydroxyl groups excluding tert-OH is 1. The number of nitrogens with two attached hydrogens (primary N) is 1. The fourth-order valence-corrected chi connectivity index (χ4v) is 3.97. The zero-order chi connectivity index (χ0) is 33.8. The lowest BCUT2D eigenvalue weighted by Gasteiger charge is -2.17. The summed E-state index contributed by atoms with van der Waals surface area (Å²) >= 11 is 3.84. The van der Waals surface area contributed by atoms with Crippen molar-refractivity contribution < 1.29 is 34.2 Å². The fraction of sp³-hybridized carbons (Fsp3) is 0.370. The van der Waals surface area contributed by atoms with Crippen molar-refractivity contribution in [2.24, 2.45) is 0 Å². The summed E-state index contributed by atoms with van der Waals surface area (Å²) in [6.45, 7) is 1.55. The third-order valence-corrected chi connectivity index (χ3v) is 6.64. The average molecular weight is 659 g/mol. The summed E-state index contributed by atoms with van der Waals surface area (Å²) in [5, 5.41) is 31.6. The monoisotopic (exact) mass is 658 g/mol. The van der Waals surface area contributed by atoms with E-state index in [0.29, 0.717) is 11.4 Å². The van der Waals surface area contributed by atoms with Gasteiger partial charge in [0.05, 0.1) is 18.4 Å². The minimum atomic E-state index is -1.36. The summed E-state index contributed by atoms with van der Waals surface area (Å²) in [7, 11) is 0. The van der Waals surface area contributed by atoms with Crippen LogP contribution >= 0.6 is 12.6 Å². The number of nitrogens with zero attached hydrogens (tertiary/aromatic N) is 3. The van der Waals surface area contributed by atoms with Gasteiger partial charge in [-0.15, -0.1) is 0 Å². The molecule has 0 bridgehead atoms. The SMILES string of the molecule is C[C@H](NC(=O)CCNC(=O)CC[C@@H](NC(=O)c1ccc(NCc2cnc3nc(N)[nH]c(=O)c3n2)cc1)C(=O)O)C(=O)N[C@H](O)CS. The minimum absolute atomic E-state index is 0.00237. The van der Waals surface area contributed by atoms with Crippen LogP contribution in [0.15, 0.2) is 35.3 Å². The Kier molecular flexibility index (Phi) is 12.8. The molecular formula is C27H34N10O8S. The molecule has 0 saturated heterocycles. The van der Waals surface area contributed by atoms with E-state index in [9.17, 15) is 39.0 Å². The number of amides is 4. The number of hydrogen-bond donors (Lipinski definition) is 10. The number of carbonyl (C=O) groups excluding carboxylic acids is 4. The summed E-state index contributed by atoms with van der Waals surface area (Å²) in [4.78, 5) is 87.1. The van der Waals surface area contributed by atoms with Gasteiger partial charge >= 0.3 is 5.97 Å². The number of aromatic amines is 1.